The Hall–Kier alpha value is 0.217. The van der Waals surface area contributed by atoms with E-state index >= 15 is 0 Å². The minimum Gasteiger partial charge on any atom is -0.0691 e. The van der Waals surface area contributed by atoms with Crippen LogP contribution < -0.4 is 0 Å². The molecule has 0 unspecified atom stereocenters. The number of hydrogen-bond acceptors (Lipinski definition) is 0. The van der Waals surface area contributed by atoms with Crippen LogP contribution in [0.3, 0.4) is 0 Å². The molecule has 0 aromatic carbocycles. The van der Waals surface area contributed by atoms with Crippen LogP contribution in [0.1, 0.15) is 39.0 Å². The topological polar surface area (TPSA) is 0 Å². The lowest BCUT2D eigenvalue weighted by atomic mass is 9.92. The third kappa shape index (κ3) is 1.16. The van der Waals surface area contributed by atoms with Crippen molar-refractivity contribution < 1.29 is 0 Å². The molecule has 2 rings (SSSR count). The average Bonchev–Trinajstić information content (AvgIpc) is 2.50. The highest BCUT2D eigenvalue weighted by Gasteiger charge is 2.57. The van der Waals surface area contributed by atoms with Crippen LogP contribution >= 0.6 is 0 Å². The highest BCUT2D eigenvalue weighted by molar-refractivity contribution is 6.79. The van der Waals surface area contributed by atoms with E-state index in [0.717, 1.165) is 16.9 Å². The van der Waals surface area contributed by atoms with Crippen LogP contribution in [0.25, 0.3) is 0 Å². The minimum atomic E-state index is -0.938. The van der Waals surface area contributed by atoms with Crippen molar-refractivity contribution in [1.82, 2.24) is 0 Å². The predicted molar refractivity (Wildman–Crippen MR) is 61.8 cm³/mol. The van der Waals surface area contributed by atoms with Gasteiger partial charge < -0.3 is 0 Å². The summed E-state index contributed by atoms with van der Waals surface area (Å²) in [7, 11) is -0.938. The van der Waals surface area contributed by atoms with Gasteiger partial charge in [-0.2, -0.15) is 0 Å². The van der Waals surface area contributed by atoms with Crippen LogP contribution in [-0.2, 0) is 0 Å². The number of hydrogen-bond donors (Lipinski definition) is 0. The van der Waals surface area contributed by atoms with Crippen molar-refractivity contribution in [2.24, 2.45) is 11.8 Å². The smallest absolute Gasteiger partial charge is 0.0512 e. The summed E-state index contributed by atoms with van der Waals surface area (Å²) in [6, 6.07) is 0. The summed E-state index contributed by atoms with van der Waals surface area (Å²) in [6.07, 6.45) is 7.71. The molecule has 0 N–H and O–H groups in total. The zero-order chi connectivity index (χ0) is 9.69. The number of rotatable bonds is 1. The van der Waals surface area contributed by atoms with Gasteiger partial charge in [-0.15, -0.1) is 0 Å². The van der Waals surface area contributed by atoms with Crippen LogP contribution in [-0.4, -0.2) is 8.07 Å². The summed E-state index contributed by atoms with van der Waals surface area (Å²) in [5, 5.41) is 0.840. The van der Waals surface area contributed by atoms with Crippen molar-refractivity contribution in [3.05, 3.63) is 0 Å². The van der Waals surface area contributed by atoms with E-state index in [1.807, 2.05) is 0 Å². The van der Waals surface area contributed by atoms with Crippen molar-refractivity contribution in [2.45, 2.75) is 63.7 Å². The van der Waals surface area contributed by atoms with Gasteiger partial charge in [0.15, 0.2) is 0 Å². The molecule has 0 aliphatic heterocycles. The molecule has 2 aliphatic rings. The van der Waals surface area contributed by atoms with Crippen molar-refractivity contribution in [2.75, 3.05) is 0 Å². The molecule has 0 aromatic heterocycles. The average molecular weight is 196 g/mol. The molecule has 13 heavy (non-hydrogen) atoms. The molecule has 0 heterocycles. The van der Waals surface area contributed by atoms with Gasteiger partial charge in [0.2, 0.25) is 0 Å². The zero-order valence-electron chi connectivity index (χ0n) is 9.69. The quantitative estimate of drug-likeness (QED) is 0.549. The van der Waals surface area contributed by atoms with E-state index in [0.29, 0.717) is 0 Å². The molecule has 0 amide bonds. The van der Waals surface area contributed by atoms with E-state index in [2.05, 4.69) is 26.6 Å². The monoisotopic (exact) mass is 196 g/mol. The highest BCUT2D eigenvalue weighted by atomic mass is 28.3. The molecular weight excluding hydrogens is 172 g/mol. The lowest BCUT2D eigenvalue weighted by Crippen LogP contribution is -2.43. The Bertz CT molecular complexity index is 204. The summed E-state index contributed by atoms with van der Waals surface area (Å²) in [5.41, 5.74) is 0. The molecular formula is C12H24Si. The third-order valence-corrected chi connectivity index (χ3v) is 9.04. The fourth-order valence-electron chi connectivity index (χ4n) is 4.59. The summed E-state index contributed by atoms with van der Waals surface area (Å²) >= 11 is 0. The fraction of sp³-hybridized carbons (Fsp3) is 1.00. The maximum absolute atomic E-state index is 2.60. The van der Waals surface area contributed by atoms with Crippen LogP contribution in [0.4, 0.5) is 0 Å². The second kappa shape index (κ2) is 2.85. The van der Waals surface area contributed by atoms with Crippen molar-refractivity contribution in [1.29, 1.82) is 0 Å². The third-order valence-electron chi connectivity index (χ3n) is 5.10. The minimum absolute atomic E-state index is 0.840. The molecule has 0 saturated heterocycles. The predicted octanol–water partition coefficient (Wildman–Crippen LogP) is 4.30. The molecule has 2 aliphatic carbocycles. The first-order valence-electron chi connectivity index (χ1n) is 5.98. The van der Waals surface area contributed by atoms with Gasteiger partial charge in [-0.25, -0.2) is 0 Å². The molecule has 0 radical (unpaired) electrons. The molecule has 0 nitrogen and oxygen atoms in total. The summed E-state index contributed by atoms with van der Waals surface area (Å²) < 4.78 is 0. The van der Waals surface area contributed by atoms with Crippen molar-refractivity contribution in [3.63, 3.8) is 0 Å². The lowest BCUT2D eigenvalue weighted by molar-refractivity contribution is 0.382. The highest BCUT2D eigenvalue weighted by Crippen LogP contribution is 2.67. The van der Waals surface area contributed by atoms with E-state index in [-0.39, 0.29) is 0 Å². The van der Waals surface area contributed by atoms with Crippen LogP contribution in [0.2, 0.25) is 24.7 Å². The molecule has 2 fully saturated rings. The van der Waals surface area contributed by atoms with Gasteiger partial charge in [-0.05, 0) is 29.7 Å². The van der Waals surface area contributed by atoms with Gasteiger partial charge in [0.05, 0.1) is 8.07 Å². The summed E-state index contributed by atoms with van der Waals surface area (Å²) in [4.78, 5) is 0. The van der Waals surface area contributed by atoms with Crippen LogP contribution in [0.5, 0.6) is 0 Å². The SMILES string of the molecule is C[C@@H]1CC[C@@H]2CCC[C@@]21[Si](C)(C)C. The standard InChI is InChI=1S/C12H24Si/c1-10-7-8-11-6-5-9-12(10,11)13(2,3)4/h10-11H,5-9H2,1-4H3/t10-,11+,12+/m1/s1. The van der Waals surface area contributed by atoms with E-state index < -0.39 is 8.07 Å². The molecule has 0 aromatic rings. The van der Waals surface area contributed by atoms with E-state index in [1.54, 1.807) is 19.3 Å². The zero-order valence-corrected chi connectivity index (χ0v) is 10.7. The van der Waals surface area contributed by atoms with Crippen LogP contribution in [0.15, 0.2) is 0 Å². The first kappa shape index (κ1) is 9.76. The van der Waals surface area contributed by atoms with E-state index in [4.69, 9.17) is 0 Å². The summed E-state index contributed by atoms with van der Waals surface area (Å²) in [6.45, 7) is 10.3. The number of fused-ring (bicyclic) bond motifs is 1. The fourth-order valence-corrected chi connectivity index (χ4v) is 8.65. The molecule has 76 valence electrons. The Balaban J connectivity index is 2.35. The summed E-state index contributed by atoms with van der Waals surface area (Å²) in [5.74, 6) is 2.15. The van der Waals surface area contributed by atoms with Crippen molar-refractivity contribution >= 4 is 8.07 Å². The first-order valence-corrected chi connectivity index (χ1v) is 9.48. The first-order chi connectivity index (χ1) is 5.98. The van der Waals surface area contributed by atoms with Gasteiger partial charge in [0, 0.05) is 0 Å². The van der Waals surface area contributed by atoms with Gasteiger partial charge in [0.1, 0.15) is 0 Å². The largest absolute Gasteiger partial charge is 0.0691 e. The maximum atomic E-state index is 2.60. The Morgan fingerprint density at radius 2 is 1.77 bits per heavy atom. The molecule has 3 atom stereocenters. The lowest BCUT2D eigenvalue weighted by Gasteiger charge is -2.45. The van der Waals surface area contributed by atoms with E-state index in [9.17, 15) is 0 Å². The second-order valence-corrected chi connectivity index (χ2v) is 11.8. The Labute approximate surface area is 84.1 Å². The van der Waals surface area contributed by atoms with Gasteiger partial charge in [-0.1, -0.05) is 45.8 Å². The van der Waals surface area contributed by atoms with E-state index in [1.165, 1.54) is 12.8 Å². The molecule has 0 spiro atoms. The van der Waals surface area contributed by atoms with Crippen molar-refractivity contribution in [3.8, 4) is 0 Å². The normalized spacial score (nSPS) is 45.2. The molecule has 1 heteroatoms. The van der Waals surface area contributed by atoms with Gasteiger partial charge in [0.25, 0.3) is 0 Å². The van der Waals surface area contributed by atoms with Crippen LogP contribution in [0, 0.1) is 11.8 Å². The molecule has 2 saturated carbocycles. The second-order valence-electron chi connectivity index (χ2n) is 6.36. The Morgan fingerprint density at radius 1 is 1.08 bits per heavy atom. The molecule has 0 bridgehead atoms. The van der Waals surface area contributed by atoms with Gasteiger partial charge >= 0.3 is 0 Å². The Morgan fingerprint density at radius 3 is 2.31 bits per heavy atom. The Kier molecular flexibility index (Phi) is 2.14. The van der Waals surface area contributed by atoms with Gasteiger partial charge in [-0.3, -0.25) is 0 Å². The maximum Gasteiger partial charge on any atom is 0.0512 e.